The van der Waals surface area contributed by atoms with Gasteiger partial charge >= 0.3 is 0 Å². The fraction of sp³-hybridized carbons (Fsp3) is 0.632. The quantitative estimate of drug-likeness (QED) is 0.759. The third-order valence-corrected chi connectivity index (χ3v) is 6.65. The first kappa shape index (κ1) is 20.2. The predicted molar refractivity (Wildman–Crippen MR) is 100 cm³/mol. The fourth-order valence-electron chi connectivity index (χ4n) is 3.73. The normalized spacial score (nSPS) is 20.7. The molecular weight excluding hydrogens is 371 g/mol. The molecular formula is C19H27FN2O4S. The molecule has 1 amide bonds. The zero-order chi connectivity index (χ0) is 19.4. The topological polar surface area (TPSA) is 66.9 Å². The van der Waals surface area contributed by atoms with Gasteiger partial charge in [-0.2, -0.15) is 0 Å². The minimum absolute atomic E-state index is 0.0555. The molecule has 0 radical (unpaired) electrons. The number of carbonyl (C=O) groups is 1. The number of hydrogen-bond acceptors (Lipinski definition) is 4. The van der Waals surface area contributed by atoms with Crippen LogP contribution in [-0.2, 0) is 26.0 Å². The summed E-state index contributed by atoms with van der Waals surface area (Å²) < 4.78 is 44.5. The van der Waals surface area contributed by atoms with Crippen LogP contribution < -0.4 is 0 Å². The maximum Gasteiger partial charge on any atom is 0.227 e. The molecule has 2 fully saturated rings. The van der Waals surface area contributed by atoms with Crippen LogP contribution in [0.3, 0.4) is 0 Å². The Hall–Kier alpha value is -1.51. The van der Waals surface area contributed by atoms with Crippen LogP contribution in [0.1, 0.15) is 31.2 Å². The zero-order valence-corrected chi connectivity index (χ0v) is 16.5. The standard InChI is InChI=1S/C19H27FN2O4S/c1-27(24,25)22-12-8-17(9-13-22)26-16-6-10-21(11-7-16)19(23)14-15-4-2-3-5-18(15)20/h2-5,16-17H,6-14H2,1H3. The number of benzene rings is 1. The smallest absolute Gasteiger partial charge is 0.227 e. The van der Waals surface area contributed by atoms with Crippen LogP contribution in [0.25, 0.3) is 0 Å². The molecule has 2 aliphatic rings. The van der Waals surface area contributed by atoms with Crippen molar-refractivity contribution in [2.45, 2.75) is 44.3 Å². The van der Waals surface area contributed by atoms with Crippen molar-refractivity contribution in [1.29, 1.82) is 0 Å². The zero-order valence-electron chi connectivity index (χ0n) is 15.6. The molecule has 0 spiro atoms. The molecule has 1 aromatic carbocycles. The molecule has 0 N–H and O–H groups in total. The van der Waals surface area contributed by atoms with E-state index in [0.717, 1.165) is 12.8 Å². The first-order valence-electron chi connectivity index (χ1n) is 9.44. The van der Waals surface area contributed by atoms with Crippen LogP contribution in [0.4, 0.5) is 4.39 Å². The second-order valence-electron chi connectivity index (χ2n) is 7.35. The Balaban J connectivity index is 1.42. The fourth-order valence-corrected chi connectivity index (χ4v) is 4.60. The van der Waals surface area contributed by atoms with Gasteiger partial charge in [-0.1, -0.05) is 18.2 Å². The van der Waals surface area contributed by atoms with E-state index in [2.05, 4.69) is 0 Å². The molecule has 2 saturated heterocycles. The summed E-state index contributed by atoms with van der Waals surface area (Å²) in [6.07, 6.45) is 4.43. The van der Waals surface area contributed by atoms with E-state index in [9.17, 15) is 17.6 Å². The first-order valence-corrected chi connectivity index (χ1v) is 11.3. The largest absolute Gasteiger partial charge is 0.375 e. The van der Waals surface area contributed by atoms with Crippen LogP contribution in [0.5, 0.6) is 0 Å². The SMILES string of the molecule is CS(=O)(=O)N1CCC(OC2CCN(C(=O)Cc3ccccc3F)CC2)CC1. The number of amides is 1. The number of rotatable bonds is 5. The average molecular weight is 399 g/mol. The average Bonchev–Trinajstić information content (AvgIpc) is 2.64. The van der Waals surface area contributed by atoms with Gasteiger partial charge in [-0.25, -0.2) is 17.1 Å². The number of nitrogens with zero attached hydrogens (tertiary/aromatic N) is 2. The van der Waals surface area contributed by atoms with Gasteiger partial charge in [0.2, 0.25) is 15.9 Å². The molecule has 2 aliphatic heterocycles. The number of piperidine rings is 2. The van der Waals surface area contributed by atoms with E-state index >= 15 is 0 Å². The third-order valence-electron chi connectivity index (χ3n) is 5.35. The molecule has 0 aromatic heterocycles. The van der Waals surface area contributed by atoms with Gasteiger partial charge in [-0.15, -0.1) is 0 Å². The monoisotopic (exact) mass is 398 g/mol. The lowest BCUT2D eigenvalue weighted by Crippen LogP contribution is -2.45. The molecule has 0 unspecified atom stereocenters. The number of ether oxygens (including phenoxy) is 1. The highest BCUT2D eigenvalue weighted by Crippen LogP contribution is 2.22. The van der Waals surface area contributed by atoms with Gasteiger partial charge in [0.1, 0.15) is 5.82 Å². The van der Waals surface area contributed by atoms with E-state index in [4.69, 9.17) is 4.74 Å². The van der Waals surface area contributed by atoms with Crippen molar-refractivity contribution in [3.63, 3.8) is 0 Å². The molecule has 0 atom stereocenters. The van der Waals surface area contributed by atoms with Gasteiger partial charge in [0.15, 0.2) is 0 Å². The highest BCUT2D eigenvalue weighted by Gasteiger charge is 2.29. The van der Waals surface area contributed by atoms with Gasteiger partial charge in [0.25, 0.3) is 0 Å². The third kappa shape index (κ3) is 5.49. The molecule has 1 aromatic rings. The van der Waals surface area contributed by atoms with Crippen molar-refractivity contribution in [2.75, 3.05) is 32.4 Å². The van der Waals surface area contributed by atoms with Crippen molar-refractivity contribution in [3.8, 4) is 0 Å². The van der Waals surface area contributed by atoms with Crippen molar-refractivity contribution in [2.24, 2.45) is 0 Å². The van der Waals surface area contributed by atoms with Gasteiger partial charge < -0.3 is 9.64 Å². The second-order valence-corrected chi connectivity index (χ2v) is 9.33. The maximum absolute atomic E-state index is 13.7. The summed E-state index contributed by atoms with van der Waals surface area (Å²) in [5, 5.41) is 0. The van der Waals surface area contributed by atoms with Gasteiger partial charge in [0.05, 0.1) is 24.9 Å². The van der Waals surface area contributed by atoms with Crippen LogP contribution >= 0.6 is 0 Å². The number of halogens is 1. The summed E-state index contributed by atoms with van der Waals surface area (Å²) in [5.41, 5.74) is 0.429. The van der Waals surface area contributed by atoms with Crippen LogP contribution in [0.15, 0.2) is 24.3 Å². The minimum atomic E-state index is -3.12. The highest BCUT2D eigenvalue weighted by atomic mass is 32.2. The maximum atomic E-state index is 13.7. The molecule has 8 heteroatoms. The Labute approximate surface area is 160 Å². The molecule has 2 heterocycles. The van der Waals surface area contributed by atoms with Crippen LogP contribution in [0, 0.1) is 5.82 Å². The van der Waals surface area contributed by atoms with Crippen molar-refractivity contribution >= 4 is 15.9 Å². The van der Waals surface area contributed by atoms with E-state index in [-0.39, 0.29) is 30.4 Å². The lowest BCUT2D eigenvalue weighted by atomic mass is 10.0. The van der Waals surface area contributed by atoms with Crippen molar-refractivity contribution in [3.05, 3.63) is 35.6 Å². The lowest BCUT2D eigenvalue weighted by molar-refractivity contribution is -0.134. The summed E-state index contributed by atoms with van der Waals surface area (Å²) in [6, 6.07) is 6.37. The lowest BCUT2D eigenvalue weighted by Gasteiger charge is -2.36. The number of likely N-dealkylation sites (tertiary alicyclic amines) is 1. The Kier molecular flexibility index (Phi) is 6.49. The first-order chi connectivity index (χ1) is 12.8. The number of hydrogen-bond donors (Lipinski definition) is 0. The van der Waals surface area contributed by atoms with E-state index < -0.39 is 10.0 Å². The minimum Gasteiger partial charge on any atom is -0.375 e. The summed E-state index contributed by atoms with van der Waals surface area (Å²) in [7, 11) is -3.12. The molecule has 6 nitrogen and oxygen atoms in total. The number of carbonyl (C=O) groups excluding carboxylic acids is 1. The molecule has 3 rings (SSSR count). The Bertz CT molecular complexity index is 755. The van der Waals surface area contributed by atoms with E-state index in [1.165, 1.54) is 16.6 Å². The molecule has 0 bridgehead atoms. The summed E-state index contributed by atoms with van der Waals surface area (Å²) in [6.45, 7) is 2.23. The number of sulfonamides is 1. The highest BCUT2D eigenvalue weighted by molar-refractivity contribution is 7.88. The summed E-state index contributed by atoms with van der Waals surface area (Å²) in [4.78, 5) is 14.2. The molecule has 0 aliphatic carbocycles. The van der Waals surface area contributed by atoms with Crippen LogP contribution in [-0.4, -0.2) is 68.2 Å². The Morgan fingerprint density at radius 2 is 1.63 bits per heavy atom. The van der Waals surface area contributed by atoms with Crippen molar-refractivity contribution < 1.29 is 22.3 Å². The predicted octanol–water partition coefficient (Wildman–Crippen LogP) is 1.80. The summed E-state index contributed by atoms with van der Waals surface area (Å²) in [5.74, 6) is -0.399. The second kappa shape index (κ2) is 8.67. The Morgan fingerprint density at radius 3 is 2.19 bits per heavy atom. The summed E-state index contributed by atoms with van der Waals surface area (Å²) >= 11 is 0. The van der Waals surface area contributed by atoms with Gasteiger partial charge in [-0.3, -0.25) is 4.79 Å². The molecule has 0 saturated carbocycles. The van der Waals surface area contributed by atoms with Crippen molar-refractivity contribution in [1.82, 2.24) is 9.21 Å². The van der Waals surface area contributed by atoms with Crippen LogP contribution in [0.2, 0.25) is 0 Å². The Morgan fingerprint density at radius 1 is 1.07 bits per heavy atom. The van der Waals surface area contributed by atoms with Gasteiger partial charge in [-0.05, 0) is 37.3 Å². The molecule has 27 heavy (non-hydrogen) atoms. The molecule has 150 valence electrons. The van der Waals surface area contributed by atoms with E-state index in [1.54, 1.807) is 23.1 Å². The van der Waals surface area contributed by atoms with E-state index in [1.807, 2.05) is 0 Å². The van der Waals surface area contributed by atoms with E-state index in [0.29, 0.717) is 44.6 Å². The van der Waals surface area contributed by atoms with Gasteiger partial charge in [0, 0.05) is 26.2 Å².